The second-order valence-corrected chi connectivity index (χ2v) is 4.75. The normalized spacial score (nSPS) is 29.5. The van der Waals surface area contributed by atoms with Gasteiger partial charge >= 0.3 is 0 Å². The molecule has 0 aromatic heterocycles. The number of nitrogens with one attached hydrogen (secondary N) is 1. The molecule has 3 heteroatoms. The van der Waals surface area contributed by atoms with Gasteiger partial charge in [0.2, 0.25) is 5.91 Å². The third-order valence-corrected chi connectivity index (χ3v) is 3.91. The maximum atomic E-state index is 12.2. The Bertz CT molecular complexity index is 224. The molecule has 2 rings (SSSR count). The number of rotatable bonds is 2. The Morgan fingerprint density at radius 2 is 2.07 bits per heavy atom. The van der Waals surface area contributed by atoms with E-state index in [0.717, 1.165) is 32.6 Å². The first-order valence-corrected chi connectivity index (χ1v) is 6.32. The van der Waals surface area contributed by atoms with Crippen molar-refractivity contribution >= 4 is 5.91 Å². The molecule has 0 bridgehead atoms. The van der Waals surface area contributed by atoms with Crippen LogP contribution in [0, 0.1) is 11.8 Å². The summed E-state index contributed by atoms with van der Waals surface area (Å²) in [5, 5.41) is 3.37. The molecule has 15 heavy (non-hydrogen) atoms. The van der Waals surface area contributed by atoms with E-state index in [0.29, 0.717) is 17.7 Å². The van der Waals surface area contributed by atoms with Gasteiger partial charge in [-0.2, -0.15) is 0 Å². The fraction of sp³-hybridized carbons (Fsp3) is 0.917. The Kier molecular flexibility index (Phi) is 3.62. The molecular weight excluding hydrogens is 188 g/mol. The first kappa shape index (κ1) is 10.9. The monoisotopic (exact) mass is 210 g/mol. The SMILES string of the molecule is CCN1CCCC(C2CCNCC2)C1=O. The van der Waals surface area contributed by atoms with Gasteiger partial charge in [0, 0.05) is 19.0 Å². The second kappa shape index (κ2) is 4.97. The standard InChI is InChI=1S/C12H22N2O/c1-2-14-9-3-4-11(12(14)15)10-5-7-13-8-6-10/h10-11,13H,2-9H2,1H3. The molecule has 2 fully saturated rings. The highest BCUT2D eigenvalue weighted by molar-refractivity contribution is 5.79. The first-order valence-electron chi connectivity index (χ1n) is 6.32. The van der Waals surface area contributed by atoms with Crippen LogP contribution in [0.15, 0.2) is 0 Å². The van der Waals surface area contributed by atoms with Crippen molar-refractivity contribution in [3.05, 3.63) is 0 Å². The Morgan fingerprint density at radius 3 is 2.73 bits per heavy atom. The number of nitrogens with zero attached hydrogens (tertiary/aromatic N) is 1. The van der Waals surface area contributed by atoms with E-state index >= 15 is 0 Å². The van der Waals surface area contributed by atoms with Crippen LogP contribution >= 0.6 is 0 Å². The van der Waals surface area contributed by atoms with E-state index < -0.39 is 0 Å². The second-order valence-electron chi connectivity index (χ2n) is 4.75. The van der Waals surface area contributed by atoms with Crippen molar-refractivity contribution in [2.45, 2.75) is 32.6 Å². The highest BCUT2D eigenvalue weighted by Crippen LogP contribution is 2.30. The number of piperidine rings is 2. The molecule has 3 nitrogen and oxygen atoms in total. The lowest BCUT2D eigenvalue weighted by Gasteiger charge is -2.37. The summed E-state index contributed by atoms with van der Waals surface area (Å²) in [5.74, 6) is 1.41. The summed E-state index contributed by atoms with van der Waals surface area (Å²) in [6.45, 7) is 6.15. The Balaban J connectivity index is 1.97. The van der Waals surface area contributed by atoms with Crippen molar-refractivity contribution < 1.29 is 4.79 Å². The third-order valence-electron chi connectivity index (χ3n) is 3.91. The van der Waals surface area contributed by atoms with Crippen molar-refractivity contribution in [2.75, 3.05) is 26.2 Å². The molecule has 2 saturated heterocycles. The lowest BCUT2D eigenvalue weighted by Crippen LogP contribution is -2.45. The van der Waals surface area contributed by atoms with Crippen LogP contribution in [0.3, 0.4) is 0 Å². The number of hydrogen-bond donors (Lipinski definition) is 1. The predicted octanol–water partition coefficient (Wildman–Crippen LogP) is 1.24. The molecule has 2 aliphatic rings. The minimum Gasteiger partial charge on any atom is -0.343 e. The van der Waals surface area contributed by atoms with E-state index in [9.17, 15) is 4.79 Å². The maximum absolute atomic E-state index is 12.2. The fourth-order valence-corrected chi connectivity index (χ4v) is 2.97. The van der Waals surface area contributed by atoms with Crippen molar-refractivity contribution in [3.8, 4) is 0 Å². The summed E-state index contributed by atoms with van der Waals surface area (Å²) < 4.78 is 0. The molecule has 1 atom stereocenters. The molecule has 0 aliphatic carbocycles. The average Bonchev–Trinajstić information content (AvgIpc) is 2.30. The predicted molar refractivity (Wildman–Crippen MR) is 60.6 cm³/mol. The summed E-state index contributed by atoms with van der Waals surface area (Å²) in [4.78, 5) is 14.2. The number of hydrogen-bond acceptors (Lipinski definition) is 2. The molecule has 86 valence electrons. The van der Waals surface area contributed by atoms with Gasteiger partial charge in [-0.15, -0.1) is 0 Å². The quantitative estimate of drug-likeness (QED) is 0.744. The topological polar surface area (TPSA) is 32.3 Å². The summed E-state index contributed by atoms with van der Waals surface area (Å²) in [6, 6.07) is 0. The minimum absolute atomic E-state index is 0.334. The van der Waals surface area contributed by atoms with Crippen LogP contribution in [0.2, 0.25) is 0 Å². The van der Waals surface area contributed by atoms with Gasteiger partial charge in [-0.3, -0.25) is 4.79 Å². The van der Waals surface area contributed by atoms with Crippen LogP contribution in [-0.2, 0) is 4.79 Å². The Hall–Kier alpha value is -0.570. The Labute approximate surface area is 92.2 Å². The lowest BCUT2D eigenvalue weighted by atomic mass is 9.79. The van der Waals surface area contributed by atoms with Gasteiger partial charge in [-0.25, -0.2) is 0 Å². The van der Waals surface area contributed by atoms with Gasteiger partial charge in [0.25, 0.3) is 0 Å². The summed E-state index contributed by atoms with van der Waals surface area (Å²) in [7, 11) is 0. The molecule has 2 aliphatic heterocycles. The number of carbonyl (C=O) groups excluding carboxylic acids is 1. The molecule has 1 amide bonds. The highest BCUT2D eigenvalue weighted by Gasteiger charge is 2.34. The Morgan fingerprint density at radius 1 is 1.33 bits per heavy atom. The van der Waals surface area contributed by atoms with Gasteiger partial charge in [-0.05, 0) is 51.6 Å². The van der Waals surface area contributed by atoms with E-state index in [1.807, 2.05) is 4.90 Å². The lowest BCUT2D eigenvalue weighted by molar-refractivity contribution is -0.140. The zero-order valence-corrected chi connectivity index (χ0v) is 9.67. The fourth-order valence-electron chi connectivity index (χ4n) is 2.97. The molecule has 0 aromatic rings. The van der Waals surface area contributed by atoms with E-state index in [-0.39, 0.29) is 0 Å². The highest BCUT2D eigenvalue weighted by atomic mass is 16.2. The summed E-state index contributed by atoms with van der Waals surface area (Å²) in [5.41, 5.74) is 0. The van der Waals surface area contributed by atoms with Gasteiger partial charge < -0.3 is 10.2 Å². The van der Waals surface area contributed by atoms with Gasteiger partial charge in [0.15, 0.2) is 0 Å². The molecule has 2 heterocycles. The molecule has 1 N–H and O–H groups in total. The van der Waals surface area contributed by atoms with E-state index in [4.69, 9.17) is 0 Å². The van der Waals surface area contributed by atoms with Crippen molar-refractivity contribution in [2.24, 2.45) is 11.8 Å². The molecule has 0 saturated carbocycles. The van der Waals surface area contributed by atoms with Crippen LogP contribution in [0.25, 0.3) is 0 Å². The zero-order chi connectivity index (χ0) is 10.7. The molecule has 0 radical (unpaired) electrons. The molecular formula is C12H22N2O. The molecule has 1 unspecified atom stereocenters. The van der Waals surface area contributed by atoms with E-state index in [1.165, 1.54) is 19.3 Å². The van der Waals surface area contributed by atoms with Gasteiger partial charge in [0.1, 0.15) is 0 Å². The van der Waals surface area contributed by atoms with Crippen LogP contribution in [0.1, 0.15) is 32.6 Å². The van der Waals surface area contributed by atoms with E-state index in [2.05, 4.69) is 12.2 Å². The number of likely N-dealkylation sites (tertiary alicyclic amines) is 1. The molecule has 0 aromatic carbocycles. The largest absolute Gasteiger partial charge is 0.343 e. The zero-order valence-electron chi connectivity index (χ0n) is 9.67. The number of carbonyl (C=O) groups is 1. The van der Waals surface area contributed by atoms with Crippen LogP contribution in [-0.4, -0.2) is 37.0 Å². The minimum atomic E-state index is 0.334. The van der Waals surface area contributed by atoms with Crippen molar-refractivity contribution in [1.82, 2.24) is 10.2 Å². The average molecular weight is 210 g/mol. The maximum Gasteiger partial charge on any atom is 0.225 e. The van der Waals surface area contributed by atoms with Crippen LogP contribution < -0.4 is 5.32 Å². The van der Waals surface area contributed by atoms with Gasteiger partial charge in [-0.1, -0.05) is 0 Å². The first-order chi connectivity index (χ1) is 7.33. The van der Waals surface area contributed by atoms with Gasteiger partial charge in [0.05, 0.1) is 0 Å². The summed E-state index contributed by atoms with van der Waals surface area (Å²) in [6.07, 6.45) is 4.70. The molecule has 0 spiro atoms. The third kappa shape index (κ3) is 2.33. The van der Waals surface area contributed by atoms with Crippen molar-refractivity contribution in [3.63, 3.8) is 0 Å². The van der Waals surface area contributed by atoms with Crippen LogP contribution in [0.4, 0.5) is 0 Å². The number of amides is 1. The smallest absolute Gasteiger partial charge is 0.225 e. The summed E-state index contributed by atoms with van der Waals surface area (Å²) >= 11 is 0. The van der Waals surface area contributed by atoms with Crippen LogP contribution in [0.5, 0.6) is 0 Å². The van der Waals surface area contributed by atoms with E-state index in [1.54, 1.807) is 0 Å². The van der Waals surface area contributed by atoms with Crippen molar-refractivity contribution in [1.29, 1.82) is 0 Å².